The summed E-state index contributed by atoms with van der Waals surface area (Å²) in [5.74, 6) is 0.651. The number of unbranched alkanes of at least 4 members (excludes halogenated alkanes) is 3. The fraction of sp³-hybridized carbons (Fsp3) is 0.667. The highest BCUT2D eigenvalue weighted by Gasteiger charge is 2.36. The van der Waals surface area contributed by atoms with Crippen molar-refractivity contribution in [3.05, 3.63) is 29.6 Å². The van der Waals surface area contributed by atoms with Crippen LogP contribution in [0.25, 0.3) is 0 Å². The van der Waals surface area contributed by atoms with Gasteiger partial charge in [0.1, 0.15) is 17.2 Å². The van der Waals surface area contributed by atoms with E-state index < -0.39 is 0 Å². The second-order valence-corrected chi connectivity index (χ2v) is 6.36. The Morgan fingerprint density at radius 3 is 2.81 bits per heavy atom. The second kappa shape index (κ2) is 7.26. The Bertz CT molecular complexity index is 463. The minimum absolute atomic E-state index is 0.147. The Morgan fingerprint density at radius 2 is 2.10 bits per heavy atom. The summed E-state index contributed by atoms with van der Waals surface area (Å²) < 4.78 is 19.7. The smallest absolute Gasteiger partial charge is 0.125 e. The van der Waals surface area contributed by atoms with Gasteiger partial charge in [0.05, 0.1) is 0 Å². The van der Waals surface area contributed by atoms with Crippen LogP contribution in [0.1, 0.15) is 70.9 Å². The summed E-state index contributed by atoms with van der Waals surface area (Å²) in [5.41, 5.74) is 0.814. The number of benzene rings is 1. The van der Waals surface area contributed by atoms with Crippen LogP contribution in [-0.4, -0.2) is 12.1 Å². The van der Waals surface area contributed by atoms with E-state index in [1.165, 1.54) is 31.7 Å². The summed E-state index contributed by atoms with van der Waals surface area (Å²) in [6, 6.07) is 5.06. The maximum absolute atomic E-state index is 13.5. The Hall–Kier alpha value is -1.09. The van der Waals surface area contributed by atoms with Crippen LogP contribution in [0.15, 0.2) is 18.2 Å². The molecule has 118 valence electrons. The van der Waals surface area contributed by atoms with Crippen molar-refractivity contribution in [2.75, 3.05) is 6.54 Å². The lowest BCUT2D eigenvalue weighted by Gasteiger charge is -2.40. The topological polar surface area (TPSA) is 21.3 Å². The van der Waals surface area contributed by atoms with Crippen LogP contribution in [0.3, 0.4) is 0 Å². The molecule has 0 fully saturated rings. The molecular weight excluding hydrogens is 265 g/mol. The highest BCUT2D eigenvalue weighted by Crippen LogP contribution is 2.42. The van der Waals surface area contributed by atoms with Gasteiger partial charge >= 0.3 is 0 Å². The molecule has 0 saturated carbocycles. The van der Waals surface area contributed by atoms with E-state index >= 15 is 0 Å². The number of ether oxygens (including phenoxy) is 1. The molecule has 1 aromatic carbocycles. The zero-order chi connectivity index (χ0) is 15.3. The number of hydrogen-bond donors (Lipinski definition) is 1. The number of halogens is 1. The Labute approximate surface area is 128 Å². The molecule has 0 bridgehead atoms. The lowest BCUT2D eigenvalue weighted by atomic mass is 9.84. The zero-order valence-corrected chi connectivity index (χ0v) is 13.5. The van der Waals surface area contributed by atoms with E-state index in [0.29, 0.717) is 0 Å². The molecule has 1 N–H and O–H groups in total. The largest absolute Gasteiger partial charge is 0.487 e. The fourth-order valence-corrected chi connectivity index (χ4v) is 3.24. The summed E-state index contributed by atoms with van der Waals surface area (Å²) in [4.78, 5) is 0. The monoisotopic (exact) mass is 293 g/mol. The van der Waals surface area contributed by atoms with Gasteiger partial charge in [-0.05, 0) is 44.5 Å². The summed E-state index contributed by atoms with van der Waals surface area (Å²) in [6.07, 6.45) is 6.96. The van der Waals surface area contributed by atoms with E-state index in [1.807, 2.05) is 0 Å². The van der Waals surface area contributed by atoms with E-state index in [0.717, 1.165) is 30.7 Å². The summed E-state index contributed by atoms with van der Waals surface area (Å²) >= 11 is 0. The van der Waals surface area contributed by atoms with Crippen molar-refractivity contribution in [3.63, 3.8) is 0 Å². The first-order valence-corrected chi connectivity index (χ1v) is 8.30. The number of hydrogen-bond acceptors (Lipinski definition) is 2. The van der Waals surface area contributed by atoms with E-state index in [4.69, 9.17) is 4.74 Å². The van der Waals surface area contributed by atoms with Crippen LogP contribution in [0.2, 0.25) is 0 Å². The summed E-state index contributed by atoms with van der Waals surface area (Å²) in [6.45, 7) is 7.39. The molecule has 2 nitrogen and oxygen atoms in total. The molecule has 0 saturated heterocycles. The molecule has 1 heterocycles. The molecule has 0 spiro atoms. The van der Waals surface area contributed by atoms with Crippen LogP contribution >= 0.6 is 0 Å². The zero-order valence-electron chi connectivity index (χ0n) is 13.5. The highest BCUT2D eigenvalue weighted by molar-refractivity contribution is 5.39. The third-order valence-corrected chi connectivity index (χ3v) is 4.35. The van der Waals surface area contributed by atoms with Crippen molar-refractivity contribution in [1.29, 1.82) is 0 Å². The lowest BCUT2D eigenvalue weighted by molar-refractivity contribution is 0.0373. The normalized spacial score (nSPS) is 24.5. The van der Waals surface area contributed by atoms with Gasteiger partial charge in [-0.3, -0.25) is 0 Å². The Balaban J connectivity index is 2.11. The average Bonchev–Trinajstić information content (AvgIpc) is 2.45. The van der Waals surface area contributed by atoms with Crippen molar-refractivity contribution in [1.82, 2.24) is 5.32 Å². The summed E-state index contributed by atoms with van der Waals surface area (Å²) in [5, 5.41) is 3.48. The molecule has 21 heavy (non-hydrogen) atoms. The molecule has 2 unspecified atom stereocenters. The Kier molecular flexibility index (Phi) is 5.63. The van der Waals surface area contributed by atoms with Gasteiger partial charge in [-0.2, -0.15) is 0 Å². The predicted octanol–water partition coefficient (Wildman–Crippen LogP) is 4.99. The van der Waals surface area contributed by atoms with Gasteiger partial charge in [-0.15, -0.1) is 0 Å². The molecule has 0 radical (unpaired) electrons. The molecular formula is C18H28FNO. The van der Waals surface area contributed by atoms with E-state index in [-0.39, 0.29) is 17.5 Å². The summed E-state index contributed by atoms with van der Waals surface area (Å²) in [7, 11) is 0. The quantitative estimate of drug-likeness (QED) is 0.715. The molecule has 0 aromatic heterocycles. The first kappa shape index (κ1) is 16.3. The third kappa shape index (κ3) is 4.19. The van der Waals surface area contributed by atoms with Gasteiger partial charge in [0, 0.05) is 18.0 Å². The first-order valence-electron chi connectivity index (χ1n) is 8.30. The maximum atomic E-state index is 13.5. The van der Waals surface area contributed by atoms with Crippen LogP contribution in [0, 0.1) is 5.82 Å². The van der Waals surface area contributed by atoms with Gasteiger partial charge in [-0.1, -0.05) is 33.1 Å². The van der Waals surface area contributed by atoms with Crippen molar-refractivity contribution in [2.24, 2.45) is 0 Å². The second-order valence-electron chi connectivity index (χ2n) is 6.36. The molecule has 2 atom stereocenters. The molecule has 1 aliphatic rings. The predicted molar refractivity (Wildman–Crippen MR) is 85.2 cm³/mol. The minimum Gasteiger partial charge on any atom is -0.487 e. The molecule has 1 aromatic rings. The van der Waals surface area contributed by atoms with E-state index in [2.05, 4.69) is 26.1 Å². The van der Waals surface area contributed by atoms with Crippen molar-refractivity contribution < 1.29 is 9.13 Å². The lowest BCUT2D eigenvalue weighted by Crippen LogP contribution is -2.42. The highest BCUT2D eigenvalue weighted by atomic mass is 19.1. The van der Waals surface area contributed by atoms with Gasteiger partial charge in [-0.25, -0.2) is 4.39 Å². The van der Waals surface area contributed by atoms with Gasteiger partial charge < -0.3 is 10.1 Å². The van der Waals surface area contributed by atoms with Crippen LogP contribution in [0.4, 0.5) is 4.39 Å². The number of nitrogens with one attached hydrogen (secondary N) is 1. The average molecular weight is 293 g/mol. The Morgan fingerprint density at radius 1 is 1.29 bits per heavy atom. The van der Waals surface area contributed by atoms with Crippen LogP contribution < -0.4 is 10.1 Å². The first-order chi connectivity index (χ1) is 10.1. The minimum atomic E-state index is -0.188. The van der Waals surface area contributed by atoms with Crippen molar-refractivity contribution in [3.8, 4) is 5.75 Å². The molecule has 0 aliphatic carbocycles. The van der Waals surface area contributed by atoms with Crippen molar-refractivity contribution >= 4 is 0 Å². The molecule has 2 rings (SSSR count). The van der Waals surface area contributed by atoms with Crippen LogP contribution in [0.5, 0.6) is 5.75 Å². The molecule has 0 amide bonds. The molecule has 1 aliphatic heterocycles. The van der Waals surface area contributed by atoms with Crippen molar-refractivity contribution in [2.45, 2.75) is 70.9 Å². The van der Waals surface area contributed by atoms with Gasteiger partial charge in [0.15, 0.2) is 0 Å². The SMILES string of the molecule is CCCCCCC1(C)CC(NCC)c2cc(F)ccc2O1. The van der Waals surface area contributed by atoms with E-state index in [1.54, 1.807) is 12.1 Å². The van der Waals surface area contributed by atoms with Crippen LogP contribution in [-0.2, 0) is 0 Å². The fourth-order valence-electron chi connectivity index (χ4n) is 3.24. The van der Waals surface area contributed by atoms with Gasteiger partial charge in [0.2, 0.25) is 0 Å². The molecule has 3 heteroatoms. The maximum Gasteiger partial charge on any atom is 0.125 e. The van der Waals surface area contributed by atoms with E-state index in [9.17, 15) is 4.39 Å². The van der Waals surface area contributed by atoms with Gasteiger partial charge in [0.25, 0.3) is 0 Å². The number of fused-ring (bicyclic) bond motifs is 1. The third-order valence-electron chi connectivity index (χ3n) is 4.35. The number of rotatable bonds is 7. The standard InChI is InChI=1S/C18H28FNO/c1-4-6-7-8-11-18(3)13-16(20-5-2)15-12-14(19)9-10-17(15)21-18/h9-10,12,16,20H,4-8,11,13H2,1-3H3.